The van der Waals surface area contributed by atoms with Gasteiger partial charge in [0.1, 0.15) is 5.52 Å². The minimum atomic E-state index is -0.448. The number of aromatic nitrogens is 3. The van der Waals surface area contributed by atoms with Crippen LogP contribution in [0.4, 0.5) is 0 Å². The van der Waals surface area contributed by atoms with E-state index < -0.39 is 11.8 Å². The summed E-state index contributed by atoms with van der Waals surface area (Å²) in [6.07, 6.45) is 0.995. The molecule has 0 saturated heterocycles. The quantitative estimate of drug-likeness (QED) is 0.829. The number of hydrogen-bond acceptors (Lipinski definition) is 4. The lowest BCUT2D eigenvalue weighted by Gasteiger charge is -2.13. The first-order valence-electron chi connectivity index (χ1n) is 6.87. The van der Waals surface area contributed by atoms with Gasteiger partial charge in [0.2, 0.25) is 5.91 Å². The SMILES string of the molecule is CCCn1nnc2cc(C(COCC)C(N)=O)ccc21. The summed E-state index contributed by atoms with van der Waals surface area (Å²) in [6, 6.07) is 5.69. The minimum absolute atomic E-state index is 0.292. The molecule has 0 saturated carbocycles. The van der Waals surface area contributed by atoms with Crippen molar-refractivity contribution in [3.8, 4) is 0 Å². The maximum Gasteiger partial charge on any atom is 0.227 e. The summed E-state index contributed by atoms with van der Waals surface area (Å²) < 4.78 is 7.19. The average Bonchev–Trinajstić information content (AvgIpc) is 2.82. The van der Waals surface area contributed by atoms with Crippen LogP contribution in [0.5, 0.6) is 0 Å². The Morgan fingerprint density at radius 1 is 1.45 bits per heavy atom. The summed E-state index contributed by atoms with van der Waals surface area (Å²) in [5, 5.41) is 8.25. The fourth-order valence-corrected chi connectivity index (χ4v) is 2.16. The zero-order valence-electron chi connectivity index (χ0n) is 11.9. The Bertz CT molecular complexity index is 594. The Labute approximate surface area is 117 Å². The van der Waals surface area contributed by atoms with Crippen molar-refractivity contribution in [1.82, 2.24) is 15.0 Å². The number of benzene rings is 1. The topological polar surface area (TPSA) is 83.0 Å². The second-order valence-electron chi connectivity index (χ2n) is 4.68. The Balaban J connectivity index is 2.32. The third-order valence-electron chi connectivity index (χ3n) is 3.21. The van der Waals surface area contributed by atoms with Gasteiger partial charge in [-0.1, -0.05) is 18.2 Å². The highest BCUT2D eigenvalue weighted by Crippen LogP contribution is 2.21. The van der Waals surface area contributed by atoms with E-state index in [1.54, 1.807) is 0 Å². The van der Waals surface area contributed by atoms with Crippen LogP contribution in [0.2, 0.25) is 0 Å². The van der Waals surface area contributed by atoms with Gasteiger partial charge in [0.15, 0.2) is 0 Å². The van der Waals surface area contributed by atoms with Gasteiger partial charge in [-0.05, 0) is 31.0 Å². The summed E-state index contributed by atoms with van der Waals surface area (Å²) >= 11 is 0. The summed E-state index contributed by atoms with van der Waals surface area (Å²) in [6.45, 7) is 5.65. The highest BCUT2D eigenvalue weighted by atomic mass is 16.5. The molecule has 1 heterocycles. The van der Waals surface area contributed by atoms with Crippen LogP contribution in [0.15, 0.2) is 18.2 Å². The van der Waals surface area contributed by atoms with E-state index in [1.165, 1.54) is 0 Å². The molecule has 1 aromatic carbocycles. The lowest BCUT2D eigenvalue weighted by Crippen LogP contribution is -2.25. The van der Waals surface area contributed by atoms with Crippen molar-refractivity contribution < 1.29 is 9.53 Å². The fourth-order valence-electron chi connectivity index (χ4n) is 2.16. The molecular formula is C14H20N4O2. The van der Waals surface area contributed by atoms with Gasteiger partial charge in [-0.2, -0.15) is 0 Å². The zero-order chi connectivity index (χ0) is 14.5. The van der Waals surface area contributed by atoms with E-state index in [-0.39, 0.29) is 0 Å². The van der Waals surface area contributed by atoms with Gasteiger partial charge in [-0.25, -0.2) is 4.68 Å². The van der Waals surface area contributed by atoms with Gasteiger partial charge in [-0.15, -0.1) is 5.10 Å². The van der Waals surface area contributed by atoms with Crippen molar-refractivity contribution in [2.45, 2.75) is 32.7 Å². The van der Waals surface area contributed by atoms with Crippen LogP contribution < -0.4 is 5.73 Å². The van der Waals surface area contributed by atoms with Crippen molar-refractivity contribution >= 4 is 16.9 Å². The van der Waals surface area contributed by atoms with Crippen LogP contribution in [0, 0.1) is 0 Å². The number of primary amides is 1. The second kappa shape index (κ2) is 6.47. The molecule has 1 atom stereocenters. The molecule has 0 spiro atoms. The number of ether oxygens (including phenoxy) is 1. The number of carbonyl (C=O) groups is 1. The second-order valence-corrected chi connectivity index (χ2v) is 4.68. The van der Waals surface area contributed by atoms with Crippen LogP contribution in [0.1, 0.15) is 31.7 Å². The highest BCUT2D eigenvalue weighted by molar-refractivity contribution is 5.84. The normalized spacial score (nSPS) is 12.7. The Morgan fingerprint density at radius 2 is 2.25 bits per heavy atom. The van der Waals surface area contributed by atoms with Gasteiger partial charge in [0, 0.05) is 13.2 Å². The van der Waals surface area contributed by atoms with E-state index in [1.807, 2.05) is 29.8 Å². The van der Waals surface area contributed by atoms with E-state index in [4.69, 9.17) is 10.5 Å². The molecule has 1 aromatic heterocycles. The summed E-state index contributed by atoms with van der Waals surface area (Å²) in [7, 11) is 0. The molecule has 20 heavy (non-hydrogen) atoms. The predicted molar refractivity (Wildman–Crippen MR) is 76.2 cm³/mol. The third-order valence-corrected chi connectivity index (χ3v) is 3.21. The average molecular weight is 276 g/mol. The highest BCUT2D eigenvalue weighted by Gasteiger charge is 2.19. The first kappa shape index (κ1) is 14.5. The molecule has 2 rings (SSSR count). The largest absolute Gasteiger partial charge is 0.381 e. The molecule has 0 radical (unpaired) electrons. The molecule has 108 valence electrons. The molecule has 2 aromatic rings. The molecule has 1 amide bonds. The molecule has 0 bridgehead atoms. The van der Waals surface area contributed by atoms with Gasteiger partial charge in [-0.3, -0.25) is 4.79 Å². The van der Waals surface area contributed by atoms with E-state index in [0.29, 0.717) is 13.2 Å². The summed E-state index contributed by atoms with van der Waals surface area (Å²) in [5.74, 6) is -0.838. The van der Waals surface area contributed by atoms with E-state index in [0.717, 1.165) is 29.6 Å². The standard InChI is InChI=1S/C14H20N4O2/c1-3-7-18-13-6-5-10(8-12(13)16-17-18)11(14(15)19)9-20-4-2/h5-6,8,11H,3-4,7,9H2,1-2H3,(H2,15,19). The first-order valence-corrected chi connectivity index (χ1v) is 6.87. The number of hydrogen-bond donors (Lipinski definition) is 1. The lowest BCUT2D eigenvalue weighted by molar-refractivity contribution is -0.120. The smallest absolute Gasteiger partial charge is 0.227 e. The van der Waals surface area contributed by atoms with Gasteiger partial charge in [0.05, 0.1) is 18.0 Å². The van der Waals surface area contributed by atoms with Crippen molar-refractivity contribution in [2.75, 3.05) is 13.2 Å². The first-order chi connectivity index (χ1) is 9.67. The number of nitrogens with zero attached hydrogens (tertiary/aromatic N) is 3. The summed E-state index contributed by atoms with van der Waals surface area (Å²) in [4.78, 5) is 11.6. The molecule has 6 nitrogen and oxygen atoms in total. The minimum Gasteiger partial charge on any atom is -0.381 e. The van der Waals surface area contributed by atoms with Crippen molar-refractivity contribution in [3.63, 3.8) is 0 Å². The monoisotopic (exact) mass is 276 g/mol. The molecule has 0 fully saturated rings. The lowest BCUT2D eigenvalue weighted by atomic mass is 9.99. The Kier molecular flexibility index (Phi) is 4.68. The molecule has 0 aliphatic heterocycles. The predicted octanol–water partition coefficient (Wildman–Crippen LogP) is 1.45. The number of amides is 1. The van der Waals surface area contributed by atoms with Gasteiger partial charge >= 0.3 is 0 Å². The number of fused-ring (bicyclic) bond motifs is 1. The molecule has 1 unspecified atom stereocenters. The van der Waals surface area contributed by atoms with Gasteiger partial charge < -0.3 is 10.5 Å². The molecule has 6 heteroatoms. The van der Waals surface area contributed by atoms with E-state index in [2.05, 4.69) is 17.2 Å². The van der Waals surface area contributed by atoms with Crippen LogP contribution in [-0.2, 0) is 16.1 Å². The Hall–Kier alpha value is -1.95. The summed E-state index contributed by atoms with van der Waals surface area (Å²) in [5.41, 5.74) is 8.01. The van der Waals surface area contributed by atoms with Crippen LogP contribution in [0.25, 0.3) is 11.0 Å². The van der Waals surface area contributed by atoms with Crippen LogP contribution >= 0.6 is 0 Å². The molecule has 0 aliphatic carbocycles. The maximum atomic E-state index is 11.6. The number of carbonyl (C=O) groups excluding carboxylic acids is 1. The number of rotatable bonds is 7. The van der Waals surface area contributed by atoms with Crippen molar-refractivity contribution in [3.05, 3.63) is 23.8 Å². The van der Waals surface area contributed by atoms with E-state index >= 15 is 0 Å². The van der Waals surface area contributed by atoms with Gasteiger partial charge in [0.25, 0.3) is 0 Å². The molecule has 2 N–H and O–H groups in total. The maximum absolute atomic E-state index is 11.6. The van der Waals surface area contributed by atoms with Crippen molar-refractivity contribution in [2.24, 2.45) is 5.73 Å². The zero-order valence-corrected chi connectivity index (χ0v) is 11.9. The molecule has 0 aliphatic rings. The number of nitrogens with two attached hydrogens (primary N) is 1. The molecular weight excluding hydrogens is 256 g/mol. The van der Waals surface area contributed by atoms with Crippen LogP contribution in [-0.4, -0.2) is 34.1 Å². The van der Waals surface area contributed by atoms with E-state index in [9.17, 15) is 4.79 Å². The Morgan fingerprint density at radius 3 is 2.90 bits per heavy atom. The number of aryl methyl sites for hydroxylation is 1. The fraction of sp³-hybridized carbons (Fsp3) is 0.500. The van der Waals surface area contributed by atoms with Crippen molar-refractivity contribution in [1.29, 1.82) is 0 Å². The van der Waals surface area contributed by atoms with Crippen LogP contribution in [0.3, 0.4) is 0 Å². The third kappa shape index (κ3) is 2.96.